The maximum atomic E-state index is 13.4. The Labute approximate surface area is 221 Å². The molecule has 1 aliphatic rings. The zero-order valence-corrected chi connectivity index (χ0v) is 20.4. The number of nitro benzene ring substituents is 2. The zero-order valence-electron chi connectivity index (χ0n) is 20.4. The Hall–Kier alpha value is -5.14. The minimum absolute atomic E-state index is 0.0182. The minimum Gasteiger partial charge on any atom is -0.490 e. The molecule has 2 heterocycles. The predicted molar refractivity (Wildman–Crippen MR) is 133 cm³/mol. The second-order valence-electron chi connectivity index (χ2n) is 8.69. The Balaban J connectivity index is 1.58. The highest BCUT2D eigenvalue weighted by Gasteiger charge is 2.38. The molecule has 206 valence electrons. The van der Waals surface area contributed by atoms with Gasteiger partial charge in [0.15, 0.2) is 11.5 Å². The zero-order chi connectivity index (χ0) is 28.8. The van der Waals surface area contributed by atoms with E-state index in [0.29, 0.717) is 36.7 Å². The Morgan fingerprint density at radius 3 is 2.17 bits per heavy atom. The Kier molecular flexibility index (Phi) is 6.53. The molecule has 0 aliphatic carbocycles. The van der Waals surface area contributed by atoms with Crippen LogP contribution in [0.1, 0.15) is 17.7 Å². The summed E-state index contributed by atoms with van der Waals surface area (Å²) in [5.74, 6) is -0.0418. The molecule has 1 aromatic heterocycles. The molecule has 40 heavy (non-hydrogen) atoms. The molecule has 14 heteroatoms. The monoisotopic (exact) mass is 558 g/mol. The summed E-state index contributed by atoms with van der Waals surface area (Å²) in [4.78, 5) is 34.0. The summed E-state index contributed by atoms with van der Waals surface area (Å²) in [5.41, 5.74) is -3.80. The number of ether oxygens (including phenoxy) is 3. The van der Waals surface area contributed by atoms with Crippen LogP contribution in [0.3, 0.4) is 0 Å². The average Bonchev–Trinajstić information content (AvgIpc) is 3.13. The summed E-state index contributed by atoms with van der Waals surface area (Å²) in [6, 6.07) is 8.95. The van der Waals surface area contributed by atoms with Gasteiger partial charge in [-0.3, -0.25) is 25.0 Å². The van der Waals surface area contributed by atoms with E-state index in [0.717, 1.165) is 6.07 Å². The number of nitro groups is 2. The van der Waals surface area contributed by atoms with Gasteiger partial charge in [-0.25, -0.2) is 0 Å². The molecule has 1 aliphatic heterocycles. The van der Waals surface area contributed by atoms with Crippen LogP contribution in [0.2, 0.25) is 0 Å². The van der Waals surface area contributed by atoms with Crippen LogP contribution in [-0.2, 0) is 6.18 Å². The Morgan fingerprint density at radius 2 is 1.55 bits per heavy atom. The average molecular weight is 558 g/mol. The number of hydrogen-bond acceptors (Lipinski definition) is 9. The van der Waals surface area contributed by atoms with Gasteiger partial charge in [0.1, 0.15) is 17.1 Å². The summed E-state index contributed by atoms with van der Waals surface area (Å²) < 4.78 is 62.1. The van der Waals surface area contributed by atoms with E-state index in [1.165, 1.54) is 19.1 Å². The van der Waals surface area contributed by atoms with Crippen LogP contribution in [0.25, 0.3) is 22.1 Å². The van der Waals surface area contributed by atoms with Crippen molar-refractivity contribution in [3.05, 3.63) is 90.3 Å². The molecule has 11 nitrogen and oxygen atoms in total. The first-order valence-electron chi connectivity index (χ1n) is 11.6. The van der Waals surface area contributed by atoms with Gasteiger partial charge in [-0.15, -0.1) is 0 Å². The van der Waals surface area contributed by atoms with Gasteiger partial charge in [-0.2, -0.15) is 13.2 Å². The summed E-state index contributed by atoms with van der Waals surface area (Å²) >= 11 is 0. The minimum atomic E-state index is -5.08. The van der Waals surface area contributed by atoms with Crippen molar-refractivity contribution in [1.82, 2.24) is 0 Å². The van der Waals surface area contributed by atoms with Gasteiger partial charge in [-0.05, 0) is 36.8 Å². The SMILES string of the molecule is Cc1oc2cc(Oc3c([N+](=O)[O-])cc(C(F)(F)F)cc3[N+](=O)[O-])ccc2c(=O)c1-c1ccc2c(c1)OCCCO2. The van der Waals surface area contributed by atoms with Gasteiger partial charge >= 0.3 is 17.6 Å². The highest BCUT2D eigenvalue weighted by Crippen LogP contribution is 2.45. The number of hydrogen-bond donors (Lipinski definition) is 0. The third-order valence-corrected chi connectivity index (χ3v) is 6.07. The number of aryl methyl sites for hydroxylation is 1. The number of fused-ring (bicyclic) bond motifs is 2. The van der Waals surface area contributed by atoms with E-state index in [-0.39, 0.29) is 40.2 Å². The normalized spacial score (nSPS) is 13.1. The number of halogens is 3. The molecule has 3 aromatic carbocycles. The predicted octanol–water partition coefficient (Wildman–Crippen LogP) is 6.56. The number of benzene rings is 3. The Bertz CT molecular complexity index is 1710. The summed E-state index contributed by atoms with van der Waals surface area (Å²) in [5, 5.41) is 23.1. The lowest BCUT2D eigenvalue weighted by Crippen LogP contribution is -2.09. The van der Waals surface area contributed by atoms with Crippen molar-refractivity contribution in [1.29, 1.82) is 0 Å². The van der Waals surface area contributed by atoms with Crippen LogP contribution in [0.4, 0.5) is 24.5 Å². The first-order valence-corrected chi connectivity index (χ1v) is 11.6. The largest absolute Gasteiger partial charge is 0.490 e. The molecule has 0 saturated carbocycles. The summed E-state index contributed by atoms with van der Waals surface area (Å²) in [6.45, 7) is 2.48. The van der Waals surface area contributed by atoms with Crippen molar-refractivity contribution in [2.75, 3.05) is 13.2 Å². The van der Waals surface area contributed by atoms with E-state index >= 15 is 0 Å². The first kappa shape index (κ1) is 26.5. The molecular weight excluding hydrogens is 541 g/mol. The van der Waals surface area contributed by atoms with Crippen molar-refractivity contribution in [3.8, 4) is 34.1 Å². The van der Waals surface area contributed by atoms with Gasteiger partial charge in [0.05, 0.1) is 39.6 Å². The van der Waals surface area contributed by atoms with E-state index in [1.807, 2.05) is 0 Å². The lowest BCUT2D eigenvalue weighted by Gasteiger charge is -2.12. The van der Waals surface area contributed by atoms with E-state index in [1.54, 1.807) is 18.2 Å². The molecular formula is C26H17F3N2O9. The van der Waals surface area contributed by atoms with Crippen LogP contribution >= 0.6 is 0 Å². The fraction of sp³-hybridized carbons (Fsp3) is 0.192. The summed E-state index contributed by atoms with van der Waals surface area (Å²) in [6.07, 6.45) is -4.38. The topological polar surface area (TPSA) is 144 Å². The Morgan fingerprint density at radius 1 is 0.900 bits per heavy atom. The highest BCUT2D eigenvalue weighted by atomic mass is 19.4. The molecule has 0 saturated heterocycles. The fourth-order valence-corrected chi connectivity index (χ4v) is 4.26. The van der Waals surface area contributed by atoms with Crippen LogP contribution in [0, 0.1) is 27.2 Å². The van der Waals surface area contributed by atoms with Crippen LogP contribution in [-0.4, -0.2) is 23.1 Å². The maximum Gasteiger partial charge on any atom is 0.416 e. The first-order chi connectivity index (χ1) is 18.9. The lowest BCUT2D eigenvalue weighted by atomic mass is 10.0. The second-order valence-corrected chi connectivity index (χ2v) is 8.69. The molecule has 0 bridgehead atoms. The van der Waals surface area contributed by atoms with Crippen LogP contribution < -0.4 is 19.6 Å². The van der Waals surface area contributed by atoms with Crippen molar-refractivity contribution in [3.63, 3.8) is 0 Å². The number of nitrogens with zero attached hydrogens (tertiary/aromatic N) is 2. The smallest absolute Gasteiger partial charge is 0.416 e. The molecule has 0 spiro atoms. The number of rotatable bonds is 5. The molecule has 0 N–H and O–H groups in total. The quantitative estimate of drug-likeness (QED) is 0.196. The molecule has 4 aromatic rings. The molecule has 0 unspecified atom stereocenters. The molecule has 0 fully saturated rings. The van der Waals surface area contributed by atoms with Crippen LogP contribution in [0.5, 0.6) is 23.0 Å². The molecule has 0 amide bonds. The molecule has 0 radical (unpaired) electrons. The third-order valence-electron chi connectivity index (χ3n) is 6.07. The van der Waals surface area contributed by atoms with E-state index in [9.17, 15) is 38.2 Å². The standard InChI is InChI=1S/C26H17F3N2O9/c1-13-23(14-3-6-20-22(9-14)38-8-2-7-37-20)24(32)17-5-4-16(12-21(17)39-13)40-25-18(30(33)34)10-15(26(27,28)29)11-19(25)31(35)36/h3-6,9-12H,2,7-8H2,1H3. The van der Waals surface area contributed by atoms with Crippen molar-refractivity contribution in [2.45, 2.75) is 19.5 Å². The van der Waals surface area contributed by atoms with E-state index < -0.39 is 44.1 Å². The van der Waals surface area contributed by atoms with Crippen molar-refractivity contribution >= 4 is 22.3 Å². The van der Waals surface area contributed by atoms with E-state index in [4.69, 9.17) is 18.6 Å². The van der Waals surface area contributed by atoms with Crippen LogP contribution in [0.15, 0.2) is 57.7 Å². The fourth-order valence-electron chi connectivity index (χ4n) is 4.26. The van der Waals surface area contributed by atoms with Gasteiger partial charge in [-0.1, -0.05) is 6.07 Å². The van der Waals surface area contributed by atoms with Gasteiger partial charge in [0.25, 0.3) is 5.75 Å². The molecule has 5 rings (SSSR count). The number of alkyl halides is 3. The highest BCUT2D eigenvalue weighted by molar-refractivity contribution is 5.84. The summed E-state index contributed by atoms with van der Waals surface area (Å²) in [7, 11) is 0. The second kappa shape index (κ2) is 9.87. The van der Waals surface area contributed by atoms with Crippen molar-refractivity contribution in [2.24, 2.45) is 0 Å². The van der Waals surface area contributed by atoms with Gasteiger partial charge in [0, 0.05) is 24.6 Å². The maximum absolute atomic E-state index is 13.4. The molecule has 0 atom stereocenters. The van der Waals surface area contributed by atoms with Gasteiger partial charge in [0.2, 0.25) is 5.43 Å². The van der Waals surface area contributed by atoms with Crippen molar-refractivity contribution < 1.29 is 41.6 Å². The lowest BCUT2D eigenvalue weighted by molar-refractivity contribution is -0.396. The van der Waals surface area contributed by atoms with Gasteiger partial charge < -0.3 is 18.6 Å². The third kappa shape index (κ3) is 4.86. The van der Waals surface area contributed by atoms with E-state index in [2.05, 4.69) is 0 Å².